The molecule has 2 aliphatic rings. The van der Waals surface area contributed by atoms with Crippen molar-refractivity contribution in [2.24, 2.45) is 0 Å². The molecule has 3 rings (SSSR count). The molecule has 2 N–H and O–H groups in total. The predicted octanol–water partition coefficient (Wildman–Crippen LogP) is 1.39. The van der Waals surface area contributed by atoms with E-state index in [4.69, 9.17) is 4.74 Å². The minimum Gasteiger partial charge on any atom is -0.481 e. The van der Waals surface area contributed by atoms with Gasteiger partial charge in [0.25, 0.3) is 0 Å². The molecular weight excluding hydrogens is 290 g/mol. The van der Waals surface area contributed by atoms with Crippen molar-refractivity contribution in [2.75, 3.05) is 38.6 Å². The maximum atomic E-state index is 11.3. The molecule has 2 unspecified atom stereocenters. The molecular formula is C14H21N3O3S. The number of hydrogen-bond acceptors (Lipinski definition) is 6. The number of carboxylic acids is 1. The van der Waals surface area contributed by atoms with Gasteiger partial charge in [0, 0.05) is 24.5 Å². The van der Waals surface area contributed by atoms with E-state index in [1.54, 1.807) is 11.3 Å². The molecule has 0 saturated carbocycles. The van der Waals surface area contributed by atoms with Crippen LogP contribution in [0.4, 0.5) is 5.13 Å². The zero-order chi connectivity index (χ0) is 14.8. The van der Waals surface area contributed by atoms with Gasteiger partial charge in [-0.05, 0) is 26.3 Å². The lowest BCUT2D eigenvalue weighted by molar-refractivity contribution is -0.139. The Morgan fingerprint density at radius 2 is 2.48 bits per heavy atom. The standard InChI is InChI=1S/C14H21N3O3S/c1-17-5-6-20-9(8-17)7-15-14-16-12-10(13(18)19)3-2-4-11(12)21-14/h9-10H,2-8H2,1H3,(H,15,16)(H,18,19). The SMILES string of the molecule is CN1CCOC(CNc2nc3c(s2)CCCC3C(=O)O)C1. The van der Waals surface area contributed by atoms with Crippen molar-refractivity contribution >= 4 is 22.4 Å². The first-order chi connectivity index (χ1) is 10.1. The Kier molecular flexibility index (Phi) is 4.42. The van der Waals surface area contributed by atoms with Gasteiger partial charge in [-0.15, -0.1) is 11.3 Å². The smallest absolute Gasteiger partial charge is 0.312 e. The highest BCUT2D eigenvalue weighted by Crippen LogP contribution is 2.36. The molecule has 0 radical (unpaired) electrons. The number of fused-ring (bicyclic) bond motifs is 1. The van der Waals surface area contributed by atoms with Crippen molar-refractivity contribution in [3.05, 3.63) is 10.6 Å². The highest BCUT2D eigenvalue weighted by molar-refractivity contribution is 7.15. The third-order valence-electron chi connectivity index (χ3n) is 4.08. The summed E-state index contributed by atoms with van der Waals surface area (Å²) in [5, 5.41) is 13.4. The quantitative estimate of drug-likeness (QED) is 0.875. The average Bonchev–Trinajstić information content (AvgIpc) is 2.87. The molecule has 1 aromatic heterocycles. The molecule has 0 spiro atoms. The number of aromatic nitrogens is 1. The first-order valence-electron chi connectivity index (χ1n) is 7.40. The Morgan fingerprint density at radius 1 is 1.62 bits per heavy atom. The predicted molar refractivity (Wildman–Crippen MR) is 81.2 cm³/mol. The fraction of sp³-hybridized carbons (Fsp3) is 0.714. The summed E-state index contributed by atoms with van der Waals surface area (Å²) in [6.07, 6.45) is 2.74. The Bertz CT molecular complexity index is 520. The van der Waals surface area contributed by atoms with Gasteiger partial charge >= 0.3 is 5.97 Å². The second kappa shape index (κ2) is 6.29. The van der Waals surface area contributed by atoms with Crippen LogP contribution >= 0.6 is 11.3 Å². The number of carboxylic acid groups (broad SMARTS) is 1. The van der Waals surface area contributed by atoms with Crippen molar-refractivity contribution in [3.63, 3.8) is 0 Å². The van der Waals surface area contributed by atoms with Crippen LogP contribution in [0.15, 0.2) is 0 Å². The number of aryl methyl sites for hydroxylation is 1. The molecule has 116 valence electrons. The number of rotatable bonds is 4. The van der Waals surface area contributed by atoms with Crippen LogP contribution in [0.5, 0.6) is 0 Å². The number of nitrogens with zero attached hydrogens (tertiary/aromatic N) is 2. The lowest BCUT2D eigenvalue weighted by Crippen LogP contribution is -2.43. The first-order valence-corrected chi connectivity index (χ1v) is 8.21. The number of carbonyl (C=O) groups is 1. The van der Waals surface area contributed by atoms with Crippen LogP contribution in [-0.2, 0) is 16.0 Å². The van der Waals surface area contributed by atoms with Gasteiger partial charge in [-0.1, -0.05) is 0 Å². The summed E-state index contributed by atoms with van der Waals surface area (Å²) >= 11 is 1.59. The van der Waals surface area contributed by atoms with Crippen LogP contribution < -0.4 is 5.32 Å². The van der Waals surface area contributed by atoms with E-state index in [0.29, 0.717) is 13.0 Å². The zero-order valence-electron chi connectivity index (χ0n) is 12.2. The van der Waals surface area contributed by atoms with E-state index in [2.05, 4.69) is 22.2 Å². The van der Waals surface area contributed by atoms with Gasteiger partial charge in [0.05, 0.1) is 18.4 Å². The van der Waals surface area contributed by atoms with Crippen LogP contribution in [0.25, 0.3) is 0 Å². The third kappa shape index (κ3) is 3.36. The fourth-order valence-corrected chi connectivity index (χ4v) is 4.00. The number of hydrogen-bond donors (Lipinski definition) is 2. The molecule has 1 aliphatic carbocycles. The number of thiazole rings is 1. The summed E-state index contributed by atoms with van der Waals surface area (Å²) in [7, 11) is 2.09. The highest BCUT2D eigenvalue weighted by atomic mass is 32.1. The van der Waals surface area contributed by atoms with Crippen molar-refractivity contribution in [1.82, 2.24) is 9.88 Å². The molecule has 1 fully saturated rings. The molecule has 7 heteroatoms. The molecule has 2 atom stereocenters. The normalized spacial score (nSPS) is 26.3. The van der Waals surface area contributed by atoms with Crippen LogP contribution in [-0.4, -0.2) is 60.4 Å². The van der Waals surface area contributed by atoms with Gasteiger partial charge in [0.2, 0.25) is 0 Å². The Balaban J connectivity index is 1.63. The van der Waals surface area contributed by atoms with Crippen molar-refractivity contribution in [1.29, 1.82) is 0 Å². The highest BCUT2D eigenvalue weighted by Gasteiger charge is 2.30. The van der Waals surface area contributed by atoms with Gasteiger partial charge in [-0.3, -0.25) is 4.79 Å². The van der Waals surface area contributed by atoms with Crippen LogP contribution in [0.2, 0.25) is 0 Å². The maximum Gasteiger partial charge on any atom is 0.312 e. The molecule has 2 heterocycles. The Hall–Kier alpha value is -1.18. The molecule has 1 saturated heterocycles. The summed E-state index contributed by atoms with van der Waals surface area (Å²) < 4.78 is 5.71. The number of aliphatic carboxylic acids is 1. The van der Waals surface area contributed by atoms with E-state index < -0.39 is 11.9 Å². The number of ether oxygens (including phenoxy) is 1. The summed E-state index contributed by atoms with van der Waals surface area (Å²) in [5.41, 5.74) is 0.767. The largest absolute Gasteiger partial charge is 0.481 e. The van der Waals surface area contributed by atoms with Crippen LogP contribution in [0, 0.1) is 0 Å². The van der Waals surface area contributed by atoms with Crippen molar-refractivity contribution < 1.29 is 14.6 Å². The Morgan fingerprint density at radius 3 is 3.24 bits per heavy atom. The number of anilines is 1. The molecule has 6 nitrogen and oxygen atoms in total. The van der Waals surface area contributed by atoms with Gasteiger partial charge in [0.1, 0.15) is 5.92 Å². The molecule has 0 bridgehead atoms. The topological polar surface area (TPSA) is 74.7 Å². The molecule has 1 aliphatic heterocycles. The molecule has 0 amide bonds. The van der Waals surface area contributed by atoms with Crippen LogP contribution in [0.1, 0.15) is 29.3 Å². The van der Waals surface area contributed by atoms with Gasteiger partial charge in [-0.2, -0.15) is 0 Å². The van der Waals surface area contributed by atoms with Crippen molar-refractivity contribution in [2.45, 2.75) is 31.3 Å². The van der Waals surface area contributed by atoms with E-state index in [-0.39, 0.29) is 6.10 Å². The van der Waals surface area contributed by atoms with E-state index in [1.807, 2.05) is 0 Å². The molecule has 0 aromatic carbocycles. The van der Waals surface area contributed by atoms with E-state index in [0.717, 1.165) is 48.2 Å². The minimum atomic E-state index is -0.759. The zero-order valence-corrected chi connectivity index (χ0v) is 13.0. The van der Waals surface area contributed by atoms with Gasteiger partial charge in [-0.25, -0.2) is 4.98 Å². The second-order valence-corrected chi connectivity index (χ2v) is 6.83. The fourth-order valence-electron chi connectivity index (χ4n) is 2.93. The van der Waals surface area contributed by atoms with E-state index in [9.17, 15) is 9.90 Å². The maximum absolute atomic E-state index is 11.3. The minimum absolute atomic E-state index is 0.167. The van der Waals surface area contributed by atoms with E-state index in [1.165, 1.54) is 0 Å². The third-order valence-corrected chi connectivity index (χ3v) is 5.16. The summed E-state index contributed by atoms with van der Waals surface area (Å²) in [6, 6.07) is 0. The summed E-state index contributed by atoms with van der Waals surface area (Å²) in [6.45, 7) is 3.37. The lowest BCUT2D eigenvalue weighted by atomic mass is 9.91. The second-order valence-electron chi connectivity index (χ2n) is 5.75. The van der Waals surface area contributed by atoms with Gasteiger partial charge in [0.15, 0.2) is 5.13 Å². The lowest BCUT2D eigenvalue weighted by Gasteiger charge is -2.30. The first kappa shape index (κ1) is 14.7. The monoisotopic (exact) mass is 311 g/mol. The van der Waals surface area contributed by atoms with Crippen molar-refractivity contribution in [3.8, 4) is 0 Å². The molecule has 21 heavy (non-hydrogen) atoms. The number of nitrogens with one attached hydrogen (secondary N) is 1. The summed E-state index contributed by atoms with van der Waals surface area (Å²) in [4.78, 5) is 19.2. The molecule has 1 aromatic rings. The Labute approximate surface area is 128 Å². The van der Waals surface area contributed by atoms with Crippen LogP contribution in [0.3, 0.4) is 0 Å². The average molecular weight is 311 g/mol. The van der Waals surface area contributed by atoms with Gasteiger partial charge < -0.3 is 20.1 Å². The summed E-state index contributed by atoms with van der Waals surface area (Å²) in [5.74, 6) is -1.19. The van der Waals surface area contributed by atoms with E-state index >= 15 is 0 Å². The number of morpholine rings is 1. The number of likely N-dealkylation sites (N-methyl/N-ethyl adjacent to an activating group) is 1.